The van der Waals surface area contributed by atoms with Crippen LogP contribution in [0.2, 0.25) is 0 Å². The maximum absolute atomic E-state index is 5.05. The zero-order valence-electron chi connectivity index (χ0n) is 13.6. The zero-order valence-corrected chi connectivity index (χ0v) is 13.6. The molecule has 0 aliphatic heterocycles. The Kier molecular flexibility index (Phi) is 6.84. The van der Waals surface area contributed by atoms with Crippen LogP contribution in [0.4, 0.5) is 0 Å². The van der Waals surface area contributed by atoms with Crippen molar-refractivity contribution in [3.05, 3.63) is 54.0 Å². The third kappa shape index (κ3) is 5.94. The van der Waals surface area contributed by atoms with Gasteiger partial charge >= 0.3 is 0 Å². The van der Waals surface area contributed by atoms with Gasteiger partial charge in [0.25, 0.3) is 0 Å². The topological polar surface area (TPSA) is 71.4 Å². The molecule has 2 aromatic rings. The highest BCUT2D eigenvalue weighted by Gasteiger charge is 1.99. The first-order valence-electron chi connectivity index (χ1n) is 7.73. The first-order chi connectivity index (χ1) is 11.3. The van der Waals surface area contributed by atoms with Gasteiger partial charge in [0.05, 0.1) is 13.7 Å². The smallest absolute Gasteiger partial charge is 0.212 e. The standard InChI is InChI=1S/C17H23N5O/c1-3-18-17(20-11-9-15-6-4-5-10-19-15)22-13-14-7-8-16(23-2)21-12-14/h4-8,10,12H,3,9,11,13H2,1-2H3,(H2,18,20,22). The van der Waals surface area contributed by atoms with Crippen LogP contribution in [0, 0.1) is 0 Å². The van der Waals surface area contributed by atoms with Gasteiger partial charge in [-0.2, -0.15) is 0 Å². The average molecular weight is 313 g/mol. The van der Waals surface area contributed by atoms with Gasteiger partial charge in [-0.1, -0.05) is 12.1 Å². The fourth-order valence-electron chi connectivity index (χ4n) is 1.99. The Labute approximate surface area is 137 Å². The number of hydrogen-bond acceptors (Lipinski definition) is 4. The predicted molar refractivity (Wildman–Crippen MR) is 91.5 cm³/mol. The van der Waals surface area contributed by atoms with Crippen molar-refractivity contribution >= 4 is 5.96 Å². The third-order valence-electron chi connectivity index (χ3n) is 3.17. The lowest BCUT2D eigenvalue weighted by Crippen LogP contribution is -2.38. The molecule has 122 valence electrons. The van der Waals surface area contributed by atoms with Crippen LogP contribution in [0.15, 0.2) is 47.7 Å². The Morgan fingerprint density at radius 3 is 2.74 bits per heavy atom. The van der Waals surface area contributed by atoms with Gasteiger partial charge in [0.1, 0.15) is 0 Å². The molecule has 2 heterocycles. The molecular formula is C17H23N5O. The van der Waals surface area contributed by atoms with E-state index in [4.69, 9.17) is 4.74 Å². The van der Waals surface area contributed by atoms with Crippen LogP contribution in [0.5, 0.6) is 5.88 Å². The molecule has 0 amide bonds. The first-order valence-corrected chi connectivity index (χ1v) is 7.73. The number of nitrogens with zero attached hydrogens (tertiary/aromatic N) is 3. The average Bonchev–Trinajstić information content (AvgIpc) is 2.61. The Balaban J connectivity index is 1.86. The number of guanidine groups is 1. The summed E-state index contributed by atoms with van der Waals surface area (Å²) in [5.41, 5.74) is 2.10. The van der Waals surface area contributed by atoms with Crippen LogP contribution in [0.3, 0.4) is 0 Å². The van der Waals surface area contributed by atoms with Crippen LogP contribution >= 0.6 is 0 Å². The van der Waals surface area contributed by atoms with Gasteiger partial charge in [0.2, 0.25) is 5.88 Å². The van der Waals surface area contributed by atoms with Crippen molar-refractivity contribution in [1.29, 1.82) is 0 Å². The Morgan fingerprint density at radius 2 is 2.09 bits per heavy atom. The highest BCUT2D eigenvalue weighted by atomic mass is 16.5. The summed E-state index contributed by atoms with van der Waals surface area (Å²) in [6, 6.07) is 9.75. The molecule has 0 aliphatic carbocycles. The minimum atomic E-state index is 0.565. The fourth-order valence-corrected chi connectivity index (χ4v) is 1.99. The molecule has 0 unspecified atom stereocenters. The van der Waals surface area contributed by atoms with E-state index in [1.165, 1.54) is 0 Å². The van der Waals surface area contributed by atoms with Gasteiger partial charge in [0.15, 0.2) is 5.96 Å². The monoisotopic (exact) mass is 313 g/mol. The van der Waals surface area contributed by atoms with Crippen LogP contribution in [0.1, 0.15) is 18.2 Å². The fraction of sp³-hybridized carbons (Fsp3) is 0.353. The van der Waals surface area contributed by atoms with E-state index in [2.05, 4.69) is 25.6 Å². The number of rotatable bonds is 7. The van der Waals surface area contributed by atoms with Crippen molar-refractivity contribution in [2.45, 2.75) is 19.9 Å². The highest BCUT2D eigenvalue weighted by Crippen LogP contribution is 2.07. The number of ether oxygens (including phenoxy) is 1. The number of hydrogen-bond donors (Lipinski definition) is 2. The second kappa shape index (κ2) is 9.40. The van der Waals surface area contributed by atoms with Gasteiger partial charge < -0.3 is 15.4 Å². The molecule has 0 radical (unpaired) electrons. The zero-order chi connectivity index (χ0) is 16.3. The summed E-state index contributed by atoms with van der Waals surface area (Å²) in [6.45, 7) is 4.21. The number of aromatic nitrogens is 2. The molecule has 0 saturated heterocycles. The third-order valence-corrected chi connectivity index (χ3v) is 3.17. The van der Waals surface area contributed by atoms with E-state index in [1.807, 2.05) is 43.5 Å². The molecule has 0 aromatic carbocycles. The number of pyridine rings is 2. The van der Waals surface area contributed by atoms with E-state index in [9.17, 15) is 0 Å². The van der Waals surface area contributed by atoms with Crippen LogP contribution in [-0.2, 0) is 13.0 Å². The van der Waals surface area contributed by atoms with Crippen LogP contribution in [-0.4, -0.2) is 36.1 Å². The quantitative estimate of drug-likeness (QED) is 0.602. The molecule has 0 spiro atoms. The summed E-state index contributed by atoms with van der Waals surface area (Å²) >= 11 is 0. The largest absolute Gasteiger partial charge is 0.481 e. The van der Waals surface area contributed by atoms with E-state index in [0.717, 1.165) is 36.7 Å². The second-order valence-electron chi connectivity index (χ2n) is 4.90. The molecule has 0 saturated carbocycles. The van der Waals surface area contributed by atoms with Crippen molar-refractivity contribution in [3.63, 3.8) is 0 Å². The van der Waals surface area contributed by atoms with E-state index in [1.54, 1.807) is 13.3 Å². The summed E-state index contributed by atoms with van der Waals surface area (Å²) in [5.74, 6) is 1.40. The van der Waals surface area contributed by atoms with Gasteiger partial charge in [-0.15, -0.1) is 0 Å². The number of methoxy groups -OCH3 is 1. The van der Waals surface area contributed by atoms with Gasteiger partial charge in [0, 0.05) is 43.7 Å². The molecule has 0 bridgehead atoms. The van der Waals surface area contributed by atoms with E-state index < -0.39 is 0 Å². The molecule has 2 N–H and O–H groups in total. The normalized spacial score (nSPS) is 11.1. The SMILES string of the molecule is CCNC(=NCc1ccc(OC)nc1)NCCc1ccccn1. The van der Waals surface area contributed by atoms with Crippen molar-refractivity contribution in [2.24, 2.45) is 4.99 Å². The van der Waals surface area contributed by atoms with Gasteiger partial charge in [-0.05, 0) is 24.6 Å². The predicted octanol–water partition coefficient (Wildman–Crippen LogP) is 1.78. The summed E-state index contributed by atoms with van der Waals surface area (Å²) in [4.78, 5) is 13.1. The van der Waals surface area contributed by atoms with E-state index in [-0.39, 0.29) is 0 Å². The lowest BCUT2D eigenvalue weighted by atomic mass is 10.3. The lowest BCUT2D eigenvalue weighted by molar-refractivity contribution is 0.397. The molecule has 0 fully saturated rings. The molecule has 6 nitrogen and oxygen atoms in total. The first kappa shape index (κ1) is 16.7. The van der Waals surface area contributed by atoms with Crippen molar-refractivity contribution in [1.82, 2.24) is 20.6 Å². The molecule has 6 heteroatoms. The van der Waals surface area contributed by atoms with Crippen molar-refractivity contribution < 1.29 is 4.74 Å². The summed E-state index contributed by atoms with van der Waals surface area (Å²) in [5, 5.41) is 6.55. The summed E-state index contributed by atoms with van der Waals surface area (Å²) in [6.07, 6.45) is 4.44. The summed E-state index contributed by atoms with van der Waals surface area (Å²) in [7, 11) is 1.61. The number of nitrogens with one attached hydrogen (secondary N) is 2. The Bertz CT molecular complexity index is 598. The van der Waals surface area contributed by atoms with E-state index in [0.29, 0.717) is 12.4 Å². The minimum Gasteiger partial charge on any atom is -0.481 e. The Morgan fingerprint density at radius 1 is 1.17 bits per heavy atom. The lowest BCUT2D eigenvalue weighted by Gasteiger charge is -2.11. The Hall–Kier alpha value is -2.63. The van der Waals surface area contributed by atoms with Crippen LogP contribution in [0.25, 0.3) is 0 Å². The van der Waals surface area contributed by atoms with Crippen LogP contribution < -0.4 is 15.4 Å². The number of aliphatic imine (C=N–C) groups is 1. The molecule has 2 rings (SSSR count). The molecular weight excluding hydrogens is 290 g/mol. The highest BCUT2D eigenvalue weighted by molar-refractivity contribution is 5.79. The van der Waals surface area contributed by atoms with Gasteiger partial charge in [-0.25, -0.2) is 9.98 Å². The van der Waals surface area contributed by atoms with Crippen molar-refractivity contribution in [2.75, 3.05) is 20.2 Å². The molecule has 23 heavy (non-hydrogen) atoms. The van der Waals surface area contributed by atoms with Gasteiger partial charge in [-0.3, -0.25) is 4.98 Å². The maximum Gasteiger partial charge on any atom is 0.212 e. The minimum absolute atomic E-state index is 0.565. The molecule has 2 aromatic heterocycles. The second-order valence-corrected chi connectivity index (χ2v) is 4.90. The molecule has 0 atom stereocenters. The maximum atomic E-state index is 5.05. The summed E-state index contributed by atoms with van der Waals surface area (Å²) < 4.78 is 5.05. The van der Waals surface area contributed by atoms with E-state index >= 15 is 0 Å². The van der Waals surface area contributed by atoms with Crippen molar-refractivity contribution in [3.8, 4) is 5.88 Å². The molecule has 0 aliphatic rings.